The van der Waals surface area contributed by atoms with E-state index in [0.29, 0.717) is 13.2 Å². The molecule has 0 aliphatic carbocycles. The number of ether oxygens (including phenoxy) is 2. The smallest absolute Gasteiger partial charge is 0.119 e. The summed E-state index contributed by atoms with van der Waals surface area (Å²) >= 11 is 1.61. The summed E-state index contributed by atoms with van der Waals surface area (Å²) in [6, 6.07) is 7.88. The molecule has 0 aliphatic heterocycles. The first-order valence-electron chi connectivity index (χ1n) is 5.71. The van der Waals surface area contributed by atoms with Crippen molar-refractivity contribution < 1.29 is 9.47 Å². The molecule has 0 amide bonds. The Hall–Kier alpha value is -1.59. The zero-order valence-corrected chi connectivity index (χ0v) is 11.1. The molecule has 2 aromatic rings. The quantitative estimate of drug-likeness (QED) is 0.781. The topological polar surface area (TPSA) is 43.4 Å². The lowest BCUT2D eigenvalue weighted by Gasteiger charge is -2.07. The number of anilines is 1. The van der Waals surface area contributed by atoms with Crippen LogP contribution in [0, 0.1) is 0 Å². The predicted octanol–water partition coefficient (Wildman–Crippen LogP) is 2.78. The van der Waals surface area contributed by atoms with Crippen molar-refractivity contribution in [3.63, 3.8) is 0 Å². The van der Waals surface area contributed by atoms with Gasteiger partial charge in [0, 0.05) is 18.2 Å². The standard InChI is InChI=1S/C13H16N2O2S/c1-16-6-7-17-13-4-2-11(3-5-13)14-8-12-9-18-10-15-12/h2-5,9-10,14H,6-8H2,1H3. The summed E-state index contributed by atoms with van der Waals surface area (Å²) in [5.41, 5.74) is 3.95. The number of rotatable bonds is 7. The molecule has 0 unspecified atom stereocenters. The minimum absolute atomic E-state index is 0.572. The minimum atomic E-state index is 0.572. The first-order valence-corrected chi connectivity index (χ1v) is 6.65. The lowest BCUT2D eigenvalue weighted by atomic mass is 10.3. The molecule has 4 nitrogen and oxygen atoms in total. The molecular formula is C13H16N2O2S. The number of thiazole rings is 1. The van der Waals surface area contributed by atoms with E-state index in [1.54, 1.807) is 18.4 Å². The SMILES string of the molecule is COCCOc1ccc(NCc2cscn2)cc1. The first-order chi connectivity index (χ1) is 8.88. The van der Waals surface area contributed by atoms with E-state index >= 15 is 0 Å². The maximum Gasteiger partial charge on any atom is 0.119 e. The van der Waals surface area contributed by atoms with Crippen LogP contribution in [0.25, 0.3) is 0 Å². The fraction of sp³-hybridized carbons (Fsp3) is 0.308. The molecule has 1 heterocycles. The Balaban J connectivity index is 1.80. The molecule has 18 heavy (non-hydrogen) atoms. The molecule has 1 aromatic heterocycles. The maximum atomic E-state index is 5.49. The van der Waals surface area contributed by atoms with Gasteiger partial charge in [-0.2, -0.15) is 0 Å². The molecule has 0 atom stereocenters. The Morgan fingerprint density at radius 3 is 2.72 bits per heavy atom. The van der Waals surface area contributed by atoms with Gasteiger partial charge in [0.2, 0.25) is 0 Å². The van der Waals surface area contributed by atoms with Crippen LogP contribution in [0.15, 0.2) is 35.2 Å². The molecule has 96 valence electrons. The zero-order chi connectivity index (χ0) is 12.6. The monoisotopic (exact) mass is 264 g/mol. The van der Waals surface area contributed by atoms with Crippen molar-refractivity contribution in [3.05, 3.63) is 40.8 Å². The third-order valence-corrected chi connectivity index (χ3v) is 3.00. The fourth-order valence-corrected chi connectivity index (χ4v) is 1.99. The largest absolute Gasteiger partial charge is 0.491 e. The number of benzene rings is 1. The van der Waals surface area contributed by atoms with Gasteiger partial charge < -0.3 is 14.8 Å². The van der Waals surface area contributed by atoms with E-state index in [2.05, 4.69) is 10.3 Å². The van der Waals surface area contributed by atoms with Crippen molar-refractivity contribution in [2.45, 2.75) is 6.54 Å². The zero-order valence-electron chi connectivity index (χ0n) is 10.3. The third kappa shape index (κ3) is 4.01. The van der Waals surface area contributed by atoms with Crippen LogP contribution < -0.4 is 10.1 Å². The lowest BCUT2D eigenvalue weighted by molar-refractivity contribution is 0.146. The number of hydrogen-bond donors (Lipinski definition) is 1. The van der Waals surface area contributed by atoms with Crippen molar-refractivity contribution >= 4 is 17.0 Å². The Morgan fingerprint density at radius 1 is 1.22 bits per heavy atom. The number of methoxy groups -OCH3 is 1. The summed E-state index contributed by atoms with van der Waals surface area (Å²) in [6.07, 6.45) is 0. The van der Waals surface area contributed by atoms with Gasteiger partial charge in [-0.05, 0) is 24.3 Å². The molecule has 1 N–H and O–H groups in total. The van der Waals surface area contributed by atoms with Gasteiger partial charge in [0.1, 0.15) is 12.4 Å². The predicted molar refractivity (Wildman–Crippen MR) is 73.3 cm³/mol. The van der Waals surface area contributed by atoms with Gasteiger partial charge in [-0.3, -0.25) is 0 Å². The van der Waals surface area contributed by atoms with E-state index in [1.807, 2.05) is 35.2 Å². The second-order valence-corrected chi connectivity index (χ2v) is 4.42. The summed E-state index contributed by atoms with van der Waals surface area (Å²) in [7, 11) is 1.66. The molecule has 5 heteroatoms. The van der Waals surface area contributed by atoms with Gasteiger partial charge in [-0.15, -0.1) is 11.3 Å². The molecule has 0 bridgehead atoms. The van der Waals surface area contributed by atoms with Crippen LogP contribution in [0.3, 0.4) is 0 Å². The number of nitrogens with zero attached hydrogens (tertiary/aromatic N) is 1. The molecule has 1 aromatic carbocycles. The van der Waals surface area contributed by atoms with E-state index in [-0.39, 0.29) is 0 Å². The van der Waals surface area contributed by atoms with Crippen LogP contribution in [-0.4, -0.2) is 25.3 Å². The maximum absolute atomic E-state index is 5.49. The highest BCUT2D eigenvalue weighted by Gasteiger charge is 1.97. The van der Waals surface area contributed by atoms with Crippen LogP contribution in [0.2, 0.25) is 0 Å². The molecule has 0 spiro atoms. The van der Waals surface area contributed by atoms with Gasteiger partial charge in [0.25, 0.3) is 0 Å². The Bertz CT molecular complexity index is 443. The van der Waals surface area contributed by atoms with Gasteiger partial charge in [-0.25, -0.2) is 4.98 Å². The third-order valence-electron chi connectivity index (χ3n) is 2.37. The van der Waals surface area contributed by atoms with E-state index in [1.165, 1.54) is 0 Å². The molecular weight excluding hydrogens is 248 g/mol. The Morgan fingerprint density at radius 2 is 2.06 bits per heavy atom. The van der Waals surface area contributed by atoms with Crippen LogP contribution in [-0.2, 0) is 11.3 Å². The summed E-state index contributed by atoms with van der Waals surface area (Å²) in [5, 5.41) is 5.34. The molecule has 0 saturated heterocycles. The van der Waals surface area contributed by atoms with Gasteiger partial charge >= 0.3 is 0 Å². The van der Waals surface area contributed by atoms with Crippen molar-refractivity contribution in [2.75, 3.05) is 25.6 Å². The minimum Gasteiger partial charge on any atom is -0.491 e. The van der Waals surface area contributed by atoms with Crippen LogP contribution in [0.5, 0.6) is 5.75 Å². The highest BCUT2D eigenvalue weighted by molar-refractivity contribution is 7.07. The second kappa shape index (κ2) is 6.98. The summed E-state index contributed by atoms with van der Waals surface area (Å²) in [4.78, 5) is 4.22. The van der Waals surface area contributed by atoms with Crippen molar-refractivity contribution in [1.82, 2.24) is 4.98 Å². The van der Waals surface area contributed by atoms with Crippen LogP contribution in [0.1, 0.15) is 5.69 Å². The van der Waals surface area contributed by atoms with E-state index in [0.717, 1.165) is 23.7 Å². The van der Waals surface area contributed by atoms with Crippen LogP contribution >= 0.6 is 11.3 Å². The molecule has 0 aliphatic rings. The normalized spacial score (nSPS) is 10.3. The molecule has 0 saturated carbocycles. The second-order valence-electron chi connectivity index (χ2n) is 3.70. The van der Waals surface area contributed by atoms with Gasteiger partial charge in [-0.1, -0.05) is 0 Å². The Kier molecular flexibility index (Phi) is 4.99. The fourth-order valence-electron chi connectivity index (χ4n) is 1.43. The summed E-state index contributed by atoms with van der Waals surface area (Å²) < 4.78 is 10.4. The molecule has 0 radical (unpaired) electrons. The van der Waals surface area contributed by atoms with Crippen LogP contribution in [0.4, 0.5) is 5.69 Å². The van der Waals surface area contributed by atoms with Crippen molar-refractivity contribution in [3.8, 4) is 5.75 Å². The number of hydrogen-bond acceptors (Lipinski definition) is 5. The average Bonchev–Trinajstić information content (AvgIpc) is 2.91. The number of nitrogens with one attached hydrogen (secondary N) is 1. The van der Waals surface area contributed by atoms with E-state index < -0.39 is 0 Å². The van der Waals surface area contributed by atoms with Crippen molar-refractivity contribution in [2.24, 2.45) is 0 Å². The van der Waals surface area contributed by atoms with E-state index in [9.17, 15) is 0 Å². The number of aromatic nitrogens is 1. The van der Waals surface area contributed by atoms with E-state index in [4.69, 9.17) is 9.47 Å². The molecule has 0 fully saturated rings. The summed E-state index contributed by atoms with van der Waals surface area (Å²) in [5.74, 6) is 0.853. The highest BCUT2D eigenvalue weighted by atomic mass is 32.1. The molecule has 2 rings (SSSR count). The van der Waals surface area contributed by atoms with Crippen molar-refractivity contribution in [1.29, 1.82) is 0 Å². The highest BCUT2D eigenvalue weighted by Crippen LogP contribution is 2.16. The van der Waals surface area contributed by atoms with Gasteiger partial charge in [0.05, 0.1) is 24.4 Å². The summed E-state index contributed by atoms with van der Waals surface area (Å²) in [6.45, 7) is 1.92. The Labute approximate surface area is 111 Å². The first kappa shape index (κ1) is 12.9. The van der Waals surface area contributed by atoms with Gasteiger partial charge in [0.15, 0.2) is 0 Å². The average molecular weight is 264 g/mol. The lowest BCUT2D eigenvalue weighted by Crippen LogP contribution is -2.04.